The van der Waals surface area contributed by atoms with Crippen LogP contribution in [0, 0.1) is 20.8 Å². The molecule has 4 nitrogen and oxygen atoms in total. The van der Waals surface area contributed by atoms with Gasteiger partial charge in [-0.15, -0.1) is 0 Å². The highest BCUT2D eigenvalue weighted by Crippen LogP contribution is 2.28. The molecule has 0 radical (unpaired) electrons. The number of hydrogen-bond donors (Lipinski definition) is 1. The first kappa shape index (κ1) is 11.2. The molecule has 3 aromatic rings. The summed E-state index contributed by atoms with van der Waals surface area (Å²) in [6.07, 6.45) is 0. The van der Waals surface area contributed by atoms with E-state index in [1.165, 1.54) is 5.56 Å². The van der Waals surface area contributed by atoms with Gasteiger partial charge in [-0.2, -0.15) is 5.10 Å². The van der Waals surface area contributed by atoms with Crippen LogP contribution < -0.4 is 5.73 Å². The molecule has 0 aliphatic heterocycles. The maximum atomic E-state index is 5.79. The standard InChI is InChI=1S/C13H14N4S/c1-7-8(2)16-17(9(7)3)13-15-11-5-4-10(14)6-12(11)18-13/h4-6H,14H2,1-3H3. The second kappa shape index (κ2) is 3.81. The third-order valence-electron chi connectivity index (χ3n) is 3.24. The van der Waals surface area contributed by atoms with Gasteiger partial charge < -0.3 is 5.73 Å². The van der Waals surface area contributed by atoms with E-state index in [2.05, 4.69) is 23.9 Å². The van der Waals surface area contributed by atoms with Crippen LogP contribution in [0.4, 0.5) is 5.69 Å². The van der Waals surface area contributed by atoms with Gasteiger partial charge >= 0.3 is 0 Å². The number of nitrogens with two attached hydrogens (primary N) is 1. The summed E-state index contributed by atoms with van der Waals surface area (Å²) in [5.74, 6) is 0. The molecule has 0 saturated heterocycles. The molecule has 0 spiro atoms. The molecule has 2 heterocycles. The number of fused-ring (bicyclic) bond motifs is 1. The van der Waals surface area contributed by atoms with Gasteiger partial charge in [0, 0.05) is 11.4 Å². The van der Waals surface area contributed by atoms with E-state index in [9.17, 15) is 0 Å². The van der Waals surface area contributed by atoms with Gasteiger partial charge in [0.15, 0.2) is 0 Å². The van der Waals surface area contributed by atoms with Crippen molar-refractivity contribution < 1.29 is 0 Å². The van der Waals surface area contributed by atoms with E-state index in [4.69, 9.17) is 5.73 Å². The van der Waals surface area contributed by atoms with E-state index in [0.717, 1.165) is 32.4 Å². The predicted molar refractivity (Wildman–Crippen MR) is 75.4 cm³/mol. The molecule has 0 atom stereocenters. The van der Waals surface area contributed by atoms with E-state index in [1.807, 2.05) is 29.8 Å². The fourth-order valence-electron chi connectivity index (χ4n) is 1.93. The van der Waals surface area contributed by atoms with E-state index in [-0.39, 0.29) is 0 Å². The number of aromatic nitrogens is 3. The molecule has 2 aromatic heterocycles. The lowest BCUT2D eigenvalue weighted by Crippen LogP contribution is -1.98. The van der Waals surface area contributed by atoms with E-state index < -0.39 is 0 Å². The van der Waals surface area contributed by atoms with Gasteiger partial charge in [0.1, 0.15) is 0 Å². The van der Waals surface area contributed by atoms with Gasteiger partial charge in [0.05, 0.1) is 15.9 Å². The Morgan fingerprint density at radius 3 is 2.67 bits per heavy atom. The highest BCUT2D eigenvalue weighted by atomic mass is 32.1. The largest absolute Gasteiger partial charge is 0.399 e. The molecule has 0 aliphatic carbocycles. The molecule has 18 heavy (non-hydrogen) atoms. The summed E-state index contributed by atoms with van der Waals surface area (Å²) in [7, 11) is 0. The maximum absolute atomic E-state index is 5.79. The summed E-state index contributed by atoms with van der Waals surface area (Å²) < 4.78 is 3.00. The Kier molecular flexibility index (Phi) is 2.38. The number of thiazole rings is 1. The normalized spacial score (nSPS) is 11.3. The van der Waals surface area contributed by atoms with Crippen LogP contribution in [0.25, 0.3) is 15.3 Å². The van der Waals surface area contributed by atoms with Gasteiger partial charge in [-0.25, -0.2) is 9.67 Å². The molecule has 5 heteroatoms. The molecule has 0 saturated carbocycles. The minimum absolute atomic E-state index is 0.766. The fraction of sp³-hybridized carbons (Fsp3) is 0.231. The van der Waals surface area contributed by atoms with Gasteiger partial charge in [0.25, 0.3) is 0 Å². The number of aryl methyl sites for hydroxylation is 1. The number of benzene rings is 1. The quantitative estimate of drug-likeness (QED) is 0.683. The Morgan fingerprint density at radius 1 is 1.22 bits per heavy atom. The molecule has 0 unspecified atom stereocenters. The van der Waals surface area contributed by atoms with Crippen LogP contribution in [0.5, 0.6) is 0 Å². The average Bonchev–Trinajstić information content (AvgIpc) is 2.85. The molecule has 0 amide bonds. The molecule has 2 N–H and O–H groups in total. The Morgan fingerprint density at radius 2 is 2.00 bits per heavy atom. The molecule has 0 fully saturated rings. The zero-order valence-electron chi connectivity index (χ0n) is 10.6. The second-order valence-electron chi connectivity index (χ2n) is 4.43. The third-order valence-corrected chi connectivity index (χ3v) is 4.23. The zero-order chi connectivity index (χ0) is 12.9. The van der Waals surface area contributed by atoms with Crippen molar-refractivity contribution in [1.82, 2.24) is 14.8 Å². The van der Waals surface area contributed by atoms with Gasteiger partial charge in [-0.05, 0) is 44.5 Å². The van der Waals surface area contributed by atoms with Crippen LogP contribution in [0.15, 0.2) is 18.2 Å². The summed E-state index contributed by atoms with van der Waals surface area (Å²) in [6, 6.07) is 5.77. The minimum atomic E-state index is 0.766. The SMILES string of the molecule is Cc1nn(-c2nc3ccc(N)cc3s2)c(C)c1C. The molecule has 92 valence electrons. The fourth-order valence-corrected chi connectivity index (χ4v) is 2.94. The topological polar surface area (TPSA) is 56.7 Å². The van der Waals surface area contributed by atoms with Crippen LogP contribution in [0.3, 0.4) is 0 Å². The number of nitrogen functional groups attached to an aromatic ring is 1. The summed E-state index contributed by atoms with van der Waals surface area (Å²) in [5, 5.41) is 5.42. The van der Waals surface area contributed by atoms with Gasteiger partial charge in [0.2, 0.25) is 5.13 Å². The molecule has 1 aromatic carbocycles. The lowest BCUT2D eigenvalue weighted by molar-refractivity contribution is 0.827. The first-order valence-corrected chi connectivity index (χ1v) is 6.57. The molecule has 0 aliphatic rings. The van der Waals surface area contributed by atoms with Crippen molar-refractivity contribution in [3.8, 4) is 5.13 Å². The van der Waals surface area contributed by atoms with Crippen LogP contribution in [-0.2, 0) is 0 Å². The number of nitrogens with zero attached hydrogens (tertiary/aromatic N) is 3. The van der Waals surface area contributed by atoms with Crippen LogP contribution >= 0.6 is 11.3 Å². The molecule has 3 rings (SSSR count). The highest BCUT2D eigenvalue weighted by molar-refractivity contribution is 7.20. The third kappa shape index (κ3) is 1.59. The van der Waals surface area contributed by atoms with Crippen molar-refractivity contribution in [1.29, 1.82) is 0 Å². The molecular formula is C13H14N4S. The first-order valence-electron chi connectivity index (χ1n) is 5.75. The second-order valence-corrected chi connectivity index (χ2v) is 5.44. The molecular weight excluding hydrogens is 244 g/mol. The Labute approximate surface area is 109 Å². The maximum Gasteiger partial charge on any atom is 0.211 e. The van der Waals surface area contributed by atoms with Crippen molar-refractivity contribution in [3.05, 3.63) is 35.2 Å². The lowest BCUT2D eigenvalue weighted by Gasteiger charge is -1.97. The van der Waals surface area contributed by atoms with Crippen LogP contribution in [0.2, 0.25) is 0 Å². The Hall–Kier alpha value is -1.88. The van der Waals surface area contributed by atoms with E-state index in [0.29, 0.717) is 0 Å². The first-order chi connectivity index (χ1) is 8.56. The highest BCUT2D eigenvalue weighted by Gasteiger charge is 2.12. The van der Waals surface area contributed by atoms with Crippen molar-refractivity contribution in [3.63, 3.8) is 0 Å². The summed E-state index contributed by atoms with van der Waals surface area (Å²) >= 11 is 1.61. The van der Waals surface area contributed by atoms with Crippen LogP contribution in [-0.4, -0.2) is 14.8 Å². The smallest absolute Gasteiger partial charge is 0.211 e. The summed E-state index contributed by atoms with van der Waals surface area (Å²) in [5.41, 5.74) is 10.9. The van der Waals surface area contributed by atoms with E-state index >= 15 is 0 Å². The van der Waals surface area contributed by atoms with Crippen molar-refractivity contribution in [2.75, 3.05) is 5.73 Å². The number of anilines is 1. The Bertz CT molecular complexity index is 739. The lowest BCUT2D eigenvalue weighted by atomic mass is 10.2. The molecule has 0 bridgehead atoms. The monoisotopic (exact) mass is 258 g/mol. The van der Waals surface area contributed by atoms with E-state index in [1.54, 1.807) is 11.3 Å². The summed E-state index contributed by atoms with van der Waals surface area (Å²) in [6.45, 7) is 6.17. The van der Waals surface area contributed by atoms with Crippen molar-refractivity contribution in [2.45, 2.75) is 20.8 Å². The summed E-state index contributed by atoms with van der Waals surface area (Å²) in [4.78, 5) is 4.60. The Balaban J connectivity index is 2.22. The zero-order valence-corrected chi connectivity index (χ0v) is 11.4. The van der Waals surface area contributed by atoms with Crippen molar-refractivity contribution in [2.24, 2.45) is 0 Å². The minimum Gasteiger partial charge on any atom is -0.399 e. The van der Waals surface area contributed by atoms with Gasteiger partial charge in [-0.1, -0.05) is 11.3 Å². The number of hydrogen-bond acceptors (Lipinski definition) is 4. The predicted octanol–water partition coefficient (Wildman–Crippen LogP) is 2.99. The van der Waals surface area contributed by atoms with Crippen molar-refractivity contribution >= 4 is 27.2 Å². The average molecular weight is 258 g/mol. The van der Waals surface area contributed by atoms with Gasteiger partial charge in [-0.3, -0.25) is 0 Å². The number of rotatable bonds is 1. The van der Waals surface area contributed by atoms with Crippen LogP contribution in [0.1, 0.15) is 17.0 Å².